The van der Waals surface area contributed by atoms with E-state index in [1.807, 2.05) is 10.3 Å². The maximum Gasteiger partial charge on any atom is 0.305 e. The molecular weight excluding hydrogens is 513 g/mol. The highest BCUT2D eigenvalue weighted by molar-refractivity contribution is 7.17. The maximum atomic E-state index is 14.2. The number of hydrogen-bond donors (Lipinski definition) is 0. The number of hydrogen-bond acceptors (Lipinski definition) is 6. The Balaban J connectivity index is 1.13. The molecule has 0 bridgehead atoms. The summed E-state index contributed by atoms with van der Waals surface area (Å²) in [5.41, 5.74) is 4.61. The standard InChI is InChI=1S/C31H38FN3O3S/c1-38-31(37)6-4-2-3-5-13-35-27-20-23(7-8-24(27)9-10-30(35)36)11-14-33-15-17-34(18-16-33)28-21-25(32)22-29-26(28)12-19-39-29/h7-8,12,19-22H,2-6,9-11,13-18H2,1H3. The lowest BCUT2D eigenvalue weighted by Crippen LogP contribution is -2.47. The second kappa shape index (κ2) is 12.9. The van der Waals surface area contributed by atoms with Crippen molar-refractivity contribution < 1.29 is 18.7 Å². The molecule has 2 aliphatic heterocycles. The summed E-state index contributed by atoms with van der Waals surface area (Å²) in [4.78, 5) is 30.8. The summed E-state index contributed by atoms with van der Waals surface area (Å²) in [6, 6.07) is 12.0. The van der Waals surface area contributed by atoms with Crippen LogP contribution in [0.5, 0.6) is 0 Å². The summed E-state index contributed by atoms with van der Waals surface area (Å²) >= 11 is 1.59. The fourth-order valence-corrected chi connectivity index (χ4v) is 6.59. The lowest BCUT2D eigenvalue weighted by atomic mass is 9.97. The van der Waals surface area contributed by atoms with Gasteiger partial charge in [-0.25, -0.2) is 4.39 Å². The Hall–Kier alpha value is -2.97. The van der Waals surface area contributed by atoms with Crippen LogP contribution in [0.2, 0.25) is 0 Å². The summed E-state index contributed by atoms with van der Waals surface area (Å²) in [5.74, 6) is -0.112. The van der Waals surface area contributed by atoms with Crippen LogP contribution in [0.4, 0.5) is 15.8 Å². The van der Waals surface area contributed by atoms with Crippen molar-refractivity contribution in [2.24, 2.45) is 0 Å². The predicted octanol–water partition coefficient (Wildman–Crippen LogP) is 5.81. The van der Waals surface area contributed by atoms with Crippen LogP contribution in [0, 0.1) is 5.82 Å². The number of halogens is 1. The first-order valence-electron chi connectivity index (χ1n) is 14.1. The molecule has 3 aromatic rings. The Kier molecular flexibility index (Phi) is 9.14. The highest BCUT2D eigenvalue weighted by Gasteiger charge is 2.24. The second-order valence-electron chi connectivity index (χ2n) is 10.6. The van der Waals surface area contributed by atoms with Crippen LogP contribution < -0.4 is 9.80 Å². The van der Waals surface area contributed by atoms with Gasteiger partial charge in [0.1, 0.15) is 5.82 Å². The molecule has 0 spiro atoms. The third-order valence-electron chi connectivity index (χ3n) is 8.03. The highest BCUT2D eigenvalue weighted by atomic mass is 32.1. The zero-order valence-corrected chi connectivity index (χ0v) is 23.6. The van der Waals surface area contributed by atoms with E-state index in [0.29, 0.717) is 12.8 Å². The molecule has 0 radical (unpaired) electrons. The molecule has 39 heavy (non-hydrogen) atoms. The van der Waals surface area contributed by atoms with Crippen molar-refractivity contribution in [1.82, 2.24) is 4.90 Å². The van der Waals surface area contributed by atoms with Gasteiger partial charge < -0.3 is 14.5 Å². The average molecular weight is 552 g/mol. The number of ether oxygens (including phenoxy) is 1. The maximum absolute atomic E-state index is 14.2. The number of carbonyl (C=O) groups is 2. The zero-order valence-electron chi connectivity index (χ0n) is 22.8. The molecule has 3 heterocycles. The first-order valence-corrected chi connectivity index (χ1v) is 15.0. The lowest BCUT2D eigenvalue weighted by Gasteiger charge is -2.36. The highest BCUT2D eigenvalue weighted by Crippen LogP contribution is 2.33. The quantitative estimate of drug-likeness (QED) is 0.222. The van der Waals surface area contributed by atoms with Crippen molar-refractivity contribution in [3.8, 4) is 0 Å². The van der Waals surface area contributed by atoms with E-state index < -0.39 is 0 Å². The molecule has 0 atom stereocenters. The van der Waals surface area contributed by atoms with Crippen molar-refractivity contribution in [3.63, 3.8) is 0 Å². The number of anilines is 2. The summed E-state index contributed by atoms with van der Waals surface area (Å²) < 4.78 is 19.9. The van der Waals surface area contributed by atoms with Crippen molar-refractivity contribution >= 4 is 44.7 Å². The van der Waals surface area contributed by atoms with E-state index in [4.69, 9.17) is 4.74 Å². The van der Waals surface area contributed by atoms with Crippen LogP contribution in [0.25, 0.3) is 10.1 Å². The Morgan fingerprint density at radius 1 is 0.949 bits per heavy atom. The monoisotopic (exact) mass is 551 g/mol. The Morgan fingerprint density at radius 3 is 2.59 bits per heavy atom. The van der Waals surface area contributed by atoms with Gasteiger partial charge in [-0.1, -0.05) is 25.0 Å². The molecule has 6 nitrogen and oxygen atoms in total. The van der Waals surface area contributed by atoms with Gasteiger partial charge in [0.05, 0.1) is 7.11 Å². The van der Waals surface area contributed by atoms with E-state index in [1.165, 1.54) is 18.2 Å². The average Bonchev–Trinajstić information content (AvgIpc) is 3.42. The molecule has 0 N–H and O–H groups in total. The van der Waals surface area contributed by atoms with Gasteiger partial charge in [0.15, 0.2) is 0 Å². The summed E-state index contributed by atoms with van der Waals surface area (Å²) in [6.45, 7) is 5.38. The van der Waals surface area contributed by atoms with E-state index in [0.717, 1.165) is 99.3 Å². The minimum atomic E-state index is -0.166. The minimum Gasteiger partial charge on any atom is -0.469 e. The van der Waals surface area contributed by atoms with Crippen molar-refractivity contribution in [3.05, 3.63) is 58.7 Å². The van der Waals surface area contributed by atoms with Crippen LogP contribution in [0.3, 0.4) is 0 Å². The number of thiophene rings is 1. The van der Waals surface area contributed by atoms with Gasteiger partial charge >= 0.3 is 5.97 Å². The molecule has 0 unspecified atom stereocenters. The molecule has 5 rings (SSSR count). The molecule has 1 amide bonds. The fourth-order valence-electron chi connectivity index (χ4n) is 5.76. The van der Waals surface area contributed by atoms with Gasteiger partial charge in [0, 0.05) is 73.6 Å². The van der Waals surface area contributed by atoms with Crippen LogP contribution in [0.1, 0.15) is 49.7 Å². The third-order valence-corrected chi connectivity index (χ3v) is 8.90. The van der Waals surface area contributed by atoms with Gasteiger partial charge in [-0.3, -0.25) is 14.5 Å². The van der Waals surface area contributed by atoms with E-state index >= 15 is 0 Å². The van der Waals surface area contributed by atoms with Crippen LogP contribution in [-0.4, -0.2) is 63.2 Å². The van der Waals surface area contributed by atoms with Gasteiger partial charge in [-0.2, -0.15) is 0 Å². The normalized spacial score (nSPS) is 16.1. The van der Waals surface area contributed by atoms with Crippen molar-refractivity contribution in [1.29, 1.82) is 0 Å². The SMILES string of the molecule is COC(=O)CCCCCCN1C(=O)CCc2ccc(CCN3CCN(c4cc(F)cc5sccc45)CC3)cc21. The molecule has 1 fully saturated rings. The fraction of sp³-hybridized carbons (Fsp3) is 0.484. The number of nitrogens with zero attached hydrogens (tertiary/aromatic N) is 3. The number of aryl methyl sites for hydroxylation is 1. The third kappa shape index (κ3) is 6.79. The Bertz CT molecular complexity index is 1300. The number of rotatable bonds is 11. The topological polar surface area (TPSA) is 53.1 Å². The largest absolute Gasteiger partial charge is 0.469 e. The van der Waals surface area contributed by atoms with E-state index in [-0.39, 0.29) is 17.7 Å². The van der Waals surface area contributed by atoms with Gasteiger partial charge in [0.2, 0.25) is 5.91 Å². The van der Waals surface area contributed by atoms with Crippen LogP contribution in [-0.2, 0) is 27.2 Å². The van der Waals surface area contributed by atoms with Crippen LogP contribution >= 0.6 is 11.3 Å². The van der Waals surface area contributed by atoms with E-state index in [1.54, 1.807) is 23.5 Å². The number of amides is 1. The molecule has 0 saturated carbocycles. The number of methoxy groups -OCH3 is 1. The Labute approximate surface area is 234 Å². The second-order valence-corrected chi connectivity index (χ2v) is 11.5. The number of carbonyl (C=O) groups excluding carboxylic acids is 2. The number of fused-ring (bicyclic) bond motifs is 2. The van der Waals surface area contributed by atoms with Crippen molar-refractivity contribution in [2.45, 2.75) is 51.4 Å². The summed E-state index contributed by atoms with van der Waals surface area (Å²) in [6.07, 6.45) is 6.51. The predicted molar refractivity (Wildman–Crippen MR) is 156 cm³/mol. The number of piperazine rings is 1. The first-order chi connectivity index (χ1) is 19.0. The molecule has 1 saturated heterocycles. The molecular formula is C31H38FN3O3S. The number of esters is 1. The number of benzene rings is 2. The molecule has 0 aliphatic carbocycles. The molecule has 8 heteroatoms. The molecule has 1 aromatic heterocycles. The van der Waals surface area contributed by atoms with Crippen molar-refractivity contribution in [2.75, 3.05) is 56.2 Å². The molecule has 2 aliphatic rings. The van der Waals surface area contributed by atoms with Gasteiger partial charge in [-0.05, 0) is 66.5 Å². The zero-order chi connectivity index (χ0) is 27.2. The van der Waals surface area contributed by atoms with Gasteiger partial charge in [-0.15, -0.1) is 11.3 Å². The summed E-state index contributed by atoms with van der Waals surface area (Å²) in [5, 5.41) is 3.18. The Morgan fingerprint density at radius 2 is 1.77 bits per heavy atom. The number of unbranched alkanes of at least 4 members (excludes halogenated alkanes) is 3. The van der Waals surface area contributed by atoms with Crippen LogP contribution in [0.15, 0.2) is 41.8 Å². The minimum absolute atomic E-state index is 0.157. The molecule has 2 aromatic carbocycles. The smallest absolute Gasteiger partial charge is 0.305 e. The van der Waals surface area contributed by atoms with E-state index in [2.05, 4.69) is 34.1 Å². The summed E-state index contributed by atoms with van der Waals surface area (Å²) in [7, 11) is 1.42. The first kappa shape index (κ1) is 27.6. The van der Waals surface area contributed by atoms with E-state index in [9.17, 15) is 14.0 Å². The molecule has 208 valence electrons. The van der Waals surface area contributed by atoms with Gasteiger partial charge in [0.25, 0.3) is 0 Å². The lowest BCUT2D eigenvalue weighted by molar-refractivity contribution is -0.140.